The van der Waals surface area contributed by atoms with E-state index in [1.54, 1.807) is 35.4 Å². The lowest BCUT2D eigenvalue weighted by Crippen LogP contribution is -2.58. The Hall–Kier alpha value is -5.19. The third kappa shape index (κ3) is 6.06. The van der Waals surface area contributed by atoms with Gasteiger partial charge in [-0.05, 0) is 48.0 Å². The van der Waals surface area contributed by atoms with Crippen molar-refractivity contribution in [3.63, 3.8) is 0 Å². The van der Waals surface area contributed by atoms with Gasteiger partial charge >= 0.3 is 0 Å². The molecule has 4 aromatic rings. The number of carbonyl (C=O) groups excluding carboxylic acids is 3. The van der Waals surface area contributed by atoms with Crippen molar-refractivity contribution in [3.8, 4) is 17.2 Å². The fourth-order valence-corrected chi connectivity index (χ4v) is 5.38. The third-order valence-electron chi connectivity index (χ3n) is 7.51. The summed E-state index contributed by atoms with van der Waals surface area (Å²) in [6.45, 7) is 0.207. The maximum Gasteiger partial charge on any atom is 0.258 e. The number of fused-ring (bicyclic) bond motifs is 6. The lowest BCUT2D eigenvalue weighted by atomic mass is 9.99. The molecule has 0 saturated carbocycles. The van der Waals surface area contributed by atoms with Gasteiger partial charge in [0.15, 0.2) is 18.1 Å². The maximum atomic E-state index is 14.6. The second-order valence-electron chi connectivity index (χ2n) is 10.4. The summed E-state index contributed by atoms with van der Waals surface area (Å²) in [6, 6.07) is 17.4. The van der Waals surface area contributed by atoms with Crippen molar-refractivity contribution >= 4 is 28.6 Å². The molecule has 2 N–H and O–H groups in total. The number of methoxy groups -OCH3 is 1. The molecule has 2 aliphatic rings. The van der Waals surface area contributed by atoms with E-state index < -0.39 is 29.8 Å². The van der Waals surface area contributed by atoms with E-state index in [4.69, 9.17) is 14.2 Å². The van der Waals surface area contributed by atoms with Crippen LogP contribution in [-0.2, 0) is 11.3 Å². The number of para-hydroxylation sites is 1. The second kappa shape index (κ2) is 12.0. The van der Waals surface area contributed by atoms with Gasteiger partial charge in [-0.1, -0.05) is 18.2 Å². The predicted molar refractivity (Wildman–Crippen MR) is 155 cm³/mol. The first-order valence-electron chi connectivity index (χ1n) is 13.9. The van der Waals surface area contributed by atoms with Crippen LogP contribution >= 0.6 is 0 Å². The first-order chi connectivity index (χ1) is 20.9. The van der Waals surface area contributed by atoms with Crippen molar-refractivity contribution in [3.05, 3.63) is 95.4 Å². The number of nitrogens with one attached hydrogen (secondary N) is 2. The highest BCUT2D eigenvalue weighted by atomic mass is 19.1. The topological polar surface area (TPSA) is 119 Å². The fraction of sp³-hybridized carbons (Fsp3) is 0.250. The lowest BCUT2D eigenvalue weighted by molar-refractivity contribution is -0.123. The van der Waals surface area contributed by atoms with Crippen LogP contribution in [0.3, 0.4) is 0 Å². The summed E-state index contributed by atoms with van der Waals surface area (Å²) in [7, 11) is 1.45. The summed E-state index contributed by atoms with van der Waals surface area (Å²) in [5.41, 5.74) is 1.81. The summed E-state index contributed by atoms with van der Waals surface area (Å²) in [6.07, 6.45) is 1.44. The molecule has 10 nitrogen and oxygen atoms in total. The molecule has 2 aliphatic heterocycles. The summed E-state index contributed by atoms with van der Waals surface area (Å²) in [5.74, 6) is -0.815. The number of pyridine rings is 1. The number of hydrogen-bond donors (Lipinski definition) is 2. The van der Waals surface area contributed by atoms with Gasteiger partial charge in [-0.2, -0.15) is 0 Å². The van der Waals surface area contributed by atoms with Crippen molar-refractivity contribution < 1.29 is 33.0 Å². The molecular formula is C32H29FN4O6. The Labute approximate surface area is 246 Å². The minimum atomic E-state index is -0.640. The number of amides is 3. The van der Waals surface area contributed by atoms with E-state index in [9.17, 15) is 18.8 Å². The van der Waals surface area contributed by atoms with E-state index in [2.05, 4.69) is 15.6 Å². The van der Waals surface area contributed by atoms with Crippen LogP contribution in [-0.4, -0.2) is 66.6 Å². The third-order valence-corrected chi connectivity index (χ3v) is 7.51. The highest BCUT2D eigenvalue weighted by Crippen LogP contribution is 2.29. The number of nitrogens with zero attached hydrogens (tertiary/aromatic N) is 2. The Morgan fingerprint density at radius 1 is 1.09 bits per heavy atom. The van der Waals surface area contributed by atoms with Crippen molar-refractivity contribution in [2.45, 2.75) is 25.1 Å². The minimum absolute atomic E-state index is 0.0552. The smallest absolute Gasteiger partial charge is 0.258 e. The van der Waals surface area contributed by atoms with Crippen LogP contribution in [0.2, 0.25) is 0 Å². The number of hydrogen-bond acceptors (Lipinski definition) is 7. The molecule has 6 rings (SSSR count). The second-order valence-corrected chi connectivity index (χ2v) is 10.4. The number of aromatic nitrogens is 1. The Morgan fingerprint density at radius 3 is 2.81 bits per heavy atom. The van der Waals surface area contributed by atoms with Gasteiger partial charge in [0.1, 0.15) is 17.7 Å². The Balaban J connectivity index is 1.33. The minimum Gasteiger partial charge on any atom is -0.493 e. The Morgan fingerprint density at radius 2 is 1.95 bits per heavy atom. The Bertz CT molecular complexity index is 1710. The highest BCUT2D eigenvalue weighted by molar-refractivity contribution is 6.05. The molecule has 0 radical (unpaired) electrons. The lowest BCUT2D eigenvalue weighted by Gasteiger charge is -2.39. The SMILES string of the molecule is COc1ccc2cc1OCC(=O)NCc1cc(F)cc(c1)O[C@@H]1CCN(C(=O)c3cccc4cccnc34)C[C@@H]1NC2=O. The number of carbonyl (C=O) groups is 3. The van der Waals surface area contributed by atoms with Crippen molar-refractivity contribution in [1.29, 1.82) is 0 Å². The molecule has 1 saturated heterocycles. The van der Waals surface area contributed by atoms with Crippen molar-refractivity contribution in [1.82, 2.24) is 20.5 Å². The van der Waals surface area contributed by atoms with Gasteiger partial charge in [0, 0.05) is 49.3 Å². The average Bonchev–Trinajstić information content (AvgIpc) is 3.02. The zero-order valence-electron chi connectivity index (χ0n) is 23.3. The molecule has 43 heavy (non-hydrogen) atoms. The first-order valence-corrected chi connectivity index (χ1v) is 13.9. The van der Waals surface area contributed by atoms with Gasteiger partial charge in [-0.25, -0.2) is 4.39 Å². The van der Waals surface area contributed by atoms with E-state index in [0.29, 0.717) is 35.4 Å². The number of ether oxygens (including phenoxy) is 3. The molecule has 0 spiro atoms. The highest BCUT2D eigenvalue weighted by Gasteiger charge is 2.35. The molecule has 0 unspecified atom stereocenters. The molecule has 1 aromatic heterocycles. The van der Waals surface area contributed by atoms with Crippen LogP contribution in [0, 0.1) is 5.82 Å². The van der Waals surface area contributed by atoms with E-state index >= 15 is 0 Å². The first kappa shape index (κ1) is 28.0. The van der Waals surface area contributed by atoms with Crippen LogP contribution in [0.5, 0.6) is 17.2 Å². The molecule has 3 heterocycles. The largest absolute Gasteiger partial charge is 0.493 e. The van der Waals surface area contributed by atoms with Crippen molar-refractivity contribution in [2.75, 3.05) is 26.8 Å². The van der Waals surface area contributed by atoms with Gasteiger partial charge in [-0.15, -0.1) is 0 Å². The maximum absolute atomic E-state index is 14.6. The molecule has 4 bridgehead atoms. The number of rotatable bonds is 2. The number of halogens is 1. The summed E-state index contributed by atoms with van der Waals surface area (Å²) < 4.78 is 31.8. The molecule has 2 atom stereocenters. The predicted octanol–water partition coefficient (Wildman–Crippen LogP) is 3.48. The molecule has 1 fully saturated rings. The van der Waals surface area contributed by atoms with Gasteiger partial charge in [0.25, 0.3) is 17.7 Å². The molecule has 220 valence electrons. The van der Waals surface area contributed by atoms with Crippen molar-refractivity contribution in [2.24, 2.45) is 0 Å². The van der Waals surface area contributed by atoms with Crippen LogP contribution in [0.15, 0.2) is 72.9 Å². The monoisotopic (exact) mass is 584 g/mol. The normalized spacial score (nSPS) is 18.9. The molecule has 0 aliphatic carbocycles. The zero-order chi connectivity index (χ0) is 29.9. The van der Waals surface area contributed by atoms with Crippen LogP contribution in [0.1, 0.15) is 32.7 Å². The summed E-state index contributed by atoms with van der Waals surface area (Å²) in [5, 5.41) is 6.56. The standard InChI is InChI=1S/C32H29FN4O6/c1-41-27-8-7-21-14-28(27)42-18-29(38)35-16-19-12-22(33)15-23(13-19)43-26-9-11-37(17-25(26)36-31(21)39)32(40)24-6-2-4-20-5-3-10-34-30(20)24/h2-8,10,12-15,25-26H,9,11,16-18H2,1H3,(H,35,38)(H,36,39)/t25-,26+/m0/s1. The molecule has 3 amide bonds. The van der Waals surface area contributed by atoms with Crippen LogP contribution in [0.25, 0.3) is 10.9 Å². The molecule has 11 heteroatoms. The quantitative estimate of drug-likeness (QED) is 0.370. The zero-order valence-corrected chi connectivity index (χ0v) is 23.3. The average molecular weight is 585 g/mol. The van der Waals surface area contributed by atoms with E-state index in [1.807, 2.05) is 24.3 Å². The van der Waals surface area contributed by atoms with Gasteiger partial charge < -0.3 is 29.7 Å². The van der Waals surface area contributed by atoms with E-state index in [0.717, 1.165) is 5.39 Å². The van der Waals surface area contributed by atoms with Gasteiger partial charge in [0.2, 0.25) is 0 Å². The van der Waals surface area contributed by atoms with Crippen LogP contribution < -0.4 is 24.8 Å². The Kier molecular flexibility index (Phi) is 7.78. The summed E-state index contributed by atoms with van der Waals surface area (Å²) >= 11 is 0. The number of piperidine rings is 1. The molecule has 3 aromatic carbocycles. The number of benzene rings is 3. The summed E-state index contributed by atoms with van der Waals surface area (Å²) in [4.78, 5) is 45.8. The van der Waals surface area contributed by atoms with Gasteiger partial charge in [0.05, 0.1) is 24.2 Å². The van der Waals surface area contributed by atoms with Crippen LogP contribution in [0.4, 0.5) is 4.39 Å². The molecular weight excluding hydrogens is 555 g/mol. The van der Waals surface area contributed by atoms with E-state index in [-0.39, 0.29) is 42.7 Å². The number of likely N-dealkylation sites (tertiary alicyclic amines) is 1. The van der Waals surface area contributed by atoms with E-state index in [1.165, 1.54) is 25.3 Å². The fourth-order valence-electron chi connectivity index (χ4n) is 5.38. The van der Waals surface area contributed by atoms with Gasteiger partial charge in [-0.3, -0.25) is 19.4 Å².